The summed E-state index contributed by atoms with van der Waals surface area (Å²) in [4.78, 5) is 25.0. The van der Waals surface area contributed by atoms with E-state index in [0.717, 1.165) is 24.1 Å². The van der Waals surface area contributed by atoms with Gasteiger partial charge >= 0.3 is 0 Å². The number of nitrogens with zero attached hydrogens (tertiary/aromatic N) is 1. The van der Waals surface area contributed by atoms with E-state index in [0.29, 0.717) is 12.1 Å². The van der Waals surface area contributed by atoms with Crippen molar-refractivity contribution >= 4 is 23.2 Å². The Labute approximate surface area is 105 Å². The van der Waals surface area contributed by atoms with E-state index in [-0.39, 0.29) is 11.8 Å². The smallest absolute Gasteiger partial charge is 0.244 e. The monoisotopic (exact) mass is 245 g/mol. The fraction of sp³-hybridized carbons (Fsp3) is 0.385. The lowest BCUT2D eigenvalue weighted by Gasteiger charge is -2.13. The molecule has 0 saturated heterocycles. The second-order valence-electron chi connectivity index (χ2n) is 5.08. The lowest BCUT2D eigenvalue weighted by atomic mass is 10.1. The van der Waals surface area contributed by atoms with Crippen LogP contribution in [-0.2, 0) is 16.0 Å². The number of amides is 2. The molecule has 1 aromatic rings. The number of nitrogens with one attached hydrogen (secondary N) is 1. The van der Waals surface area contributed by atoms with E-state index in [4.69, 9.17) is 5.73 Å². The minimum Gasteiger partial charge on any atom is -0.324 e. The van der Waals surface area contributed by atoms with Crippen LogP contribution in [0.5, 0.6) is 0 Å². The van der Waals surface area contributed by atoms with Crippen molar-refractivity contribution in [3.8, 4) is 0 Å². The highest BCUT2D eigenvalue weighted by Crippen LogP contribution is 2.34. The van der Waals surface area contributed by atoms with Gasteiger partial charge in [-0.1, -0.05) is 0 Å². The first-order valence-corrected chi connectivity index (χ1v) is 5.99. The summed E-state index contributed by atoms with van der Waals surface area (Å²) in [6.07, 6.45) is 1.87. The average Bonchev–Trinajstić information content (AvgIpc) is 3.02. The van der Waals surface area contributed by atoms with Gasteiger partial charge in [-0.3, -0.25) is 9.59 Å². The highest BCUT2D eigenvalue weighted by atomic mass is 16.2. The number of rotatable bonds is 2. The van der Waals surface area contributed by atoms with Crippen molar-refractivity contribution in [1.82, 2.24) is 0 Å². The minimum atomic E-state index is -0.675. The van der Waals surface area contributed by atoms with E-state index in [1.807, 2.05) is 12.1 Å². The molecule has 0 radical (unpaired) electrons. The van der Waals surface area contributed by atoms with Crippen LogP contribution < -0.4 is 16.0 Å². The number of hydrogen-bond acceptors (Lipinski definition) is 3. The maximum atomic E-state index is 11.8. The minimum absolute atomic E-state index is 0.0750. The first-order chi connectivity index (χ1) is 8.49. The van der Waals surface area contributed by atoms with E-state index in [1.165, 1.54) is 0 Å². The molecule has 5 nitrogen and oxygen atoms in total. The molecule has 0 atom stereocenters. The van der Waals surface area contributed by atoms with Crippen molar-refractivity contribution in [1.29, 1.82) is 0 Å². The summed E-state index contributed by atoms with van der Waals surface area (Å²) in [5.74, 6) is -0.0638. The average molecular weight is 245 g/mol. The Morgan fingerprint density at radius 3 is 2.83 bits per heavy atom. The van der Waals surface area contributed by atoms with Crippen molar-refractivity contribution in [2.45, 2.75) is 24.8 Å². The first-order valence-electron chi connectivity index (χ1n) is 5.99. The molecule has 5 heteroatoms. The van der Waals surface area contributed by atoms with Gasteiger partial charge in [-0.15, -0.1) is 0 Å². The van der Waals surface area contributed by atoms with Crippen molar-refractivity contribution in [2.75, 3.05) is 17.3 Å². The Morgan fingerprint density at radius 1 is 1.44 bits per heavy atom. The third kappa shape index (κ3) is 1.67. The largest absolute Gasteiger partial charge is 0.324 e. The standard InChI is InChI=1S/C13H15N3O2/c1-16-10-3-2-9(6-8(10)7-11(16)17)15-12(18)13(14)4-5-13/h2-3,6H,4-5,7,14H2,1H3,(H,15,18). The molecule has 2 aliphatic rings. The molecule has 0 aromatic heterocycles. The molecule has 1 fully saturated rings. The lowest BCUT2D eigenvalue weighted by molar-refractivity contribution is -0.118. The van der Waals surface area contributed by atoms with Crippen molar-refractivity contribution in [3.05, 3.63) is 23.8 Å². The summed E-state index contributed by atoms with van der Waals surface area (Å²) in [6, 6.07) is 5.50. The summed E-state index contributed by atoms with van der Waals surface area (Å²) in [7, 11) is 1.76. The van der Waals surface area contributed by atoms with Crippen LogP contribution in [0.1, 0.15) is 18.4 Å². The maximum absolute atomic E-state index is 11.8. The Morgan fingerprint density at radius 2 is 2.17 bits per heavy atom. The molecule has 94 valence electrons. The number of anilines is 2. The zero-order valence-electron chi connectivity index (χ0n) is 10.2. The van der Waals surface area contributed by atoms with Crippen LogP contribution in [0.25, 0.3) is 0 Å². The number of carbonyl (C=O) groups excluding carboxylic acids is 2. The van der Waals surface area contributed by atoms with Gasteiger partial charge in [-0.25, -0.2) is 0 Å². The topological polar surface area (TPSA) is 75.4 Å². The normalized spacial score (nSPS) is 19.7. The molecule has 18 heavy (non-hydrogen) atoms. The van der Waals surface area contributed by atoms with Crippen LogP contribution in [-0.4, -0.2) is 24.4 Å². The predicted molar refractivity (Wildman–Crippen MR) is 68.3 cm³/mol. The number of carbonyl (C=O) groups is 2. The van der Waals surface area contributed by atoms with Crippen molar-refractivity contribution < 1.29 is 9.59 Å². The van der Waals surface area contributed by atoms with Crippen LogP contribution in [0.4, 0.5) is 11.4 Å². The van der Waals surface area contributed by atoms with E-state index < -0.39 is 5.54 Å². The molecule has 2 amide bonds. The second kappa shape index (κ2) is 3.55. The van der Waals surface area contributed by atoms with Gasteiger partial charge in [0.2, 0.25) is 11.8 Å². The summed E-state index contributed by atoms with van der Waals surface area (Å²) in [5.41, 5.74) is 7.71. The van der Waals surface area contributed by atoms with Gasteiger partial charge in [0.1, 0.15) is 0 Å². The zero-order chi connectivity index (χ0) is 12.9. The summed E-state index contributed by atoms with van der Waals surface area (Å²) < 4.78 is 0. The quantitative estimate of drug-likeness (QED) is 0.802. The van der Waals surface area contributed by atoms with Crippen molar-refractivity contribution in [3.63, 3.8) is 0 Å². The Kier molecular flexibility index (Phi) is 2.22. The fourth-order valence-corrected chi connectivity index (χ4v) is 2.17. The Balaban J connectivity index is 1.82. The lowest BCUT2D eigenvalue weighted by Crippen LogP contribution is -2.37. The van der Waals surface area contributed by atoms with E-state index in [1.54, 1.807) is 18.0 Å². The molecule has 0 unspecified atom stereocenters. The summed E-state index contributed by atoms with van der Waals surface area (Å²) >= 11 is 0. The maximum Gasteiger partial charge on any atom is 0.244 e. The number of likely N-dealkylation sites (N-methyl/N-ethyl adjacent to an activating group) is 1. The predicted octanol–water partition coefficient (Wildman–Crippen LogP) is 0.635. The molecule has 1 aromatic carbocycles. The molecule has 1 aliphatic carbocycles. The van der Waals surface area contributed by atoms with Gasteiger partial charge in [0, 0.05) is 18.4 Å². The van der Waals surface area contributed by atoms with Crippen LogP contribution >= 0.6 is 0 Å². The highest BCUT2D eigenvalue weighted by Gasteiger charge is 2.46. The van der Waals surface area contributed by atoms with Crippen LogP contribution in [0.15, 0.2) is 18.2 Å². The van der Waals surface area contributed by atoms with Crippen LogP contribution in [0, 0.1) is 0 Å². The second-order valence-corrected chi connectivity index (χ2v) is 5.08. The number of hydrogen-bond donors (Lipinski definition) is 2. The van der Waals surface area contributed by atoms with Crippen LogP contribution in [0.3, 0.4) is 0 Å². The van der Waals surface area contributed by atoms with Gasteiger partial charge in [0.15, 0.2) is 0 Å². The summed E-state index contributed by atoms with van der Waals surface area (Å²) in [5, 5.41) is 2.81. The molecular weight excluding hydrogens is 230 g/mol. The van der Waals surface area contributed by atoms with Gasteiger partial charge in [-0.05, 0) is 36.6 Å². The van der Waals surface area contributed by atoms with Gasteiger partial charge in [0.05, 0.1) is 12.0 Å². The third-order valence-corrected chi connectivity index (χ3v) is 3.66. The molecular formula is C13H15N3O2. The van der Waals surface area contributed by atoms with Gasteiger partial charge in [-0.2, -0.15) is 0 Å². The third-order valence-electron chi connectivity index (χ3n) is 3.66. The zero-order valence-corrected chi connectivity index (χ0v) is 10.2. The number of benzene rings is 1. The van der Waals surface area contributed by atoms with Gasteiger partial charge in [0.25, 0.3) is 0 Å². The van der Waals surface area contributed by atoms with E-state index >= 15 is 0 Å². The van der Waals surface area contributed by atoms with E-state index in [2.05, 4.69) is 5.32 Å². The SMILES string of the molecule is CN1C(=O)Cc2cc(NC(=O)C3(N)CC3)ccc21. The molecule has 0 bridgehead atoms. The molecule has 3 rings (SSSR count). The number of fused-ring (bicyclic) bond motifs is 1. The Bertz CT molecular complexity index is 549. The number of nitrogens with two attached hydrogens (primary N) is 1. The molecule has 0 spiro atoms. The van der Waals surface area contributed by atoms with Crippen molar-refractivity contribution in [2.24, 2.45) is 5.73 Å². The summed E-state index contributed by atoms with van der Waals surface area (Å²) in [6.45, 7) is 0. The van der Waals surface area contributed by atoms with Gasteiger partial charge < -0.3 is 16.0 Å². The highest BCUT2D eigenvalue weighted by molar-refractivity contribution is 6.03. The molecule has 3 N–H and O–H groups in total. The van der Waals surface area contributed by atoms with Crippen LogP contribution in [0.2, 0.25) is 0 Å². The molecule has 1 heterocycles. The Hall–Kier alpha value is -1.88. The van der Waals surface area contributed by atoms with E-state index in [9.17, 15) is 9.59 Å². The molecule has 1 saturated carbocycles. The molecule has 1 aliphatic heterocycles. The first kappa shape index (κ1) is 11.2. The fourth-order valence-electron chi connectivity index (χ4n) is 2.17.